The Morgan fingerprint density at radius 2 is 1.96 bits per heavy atom. The predicted molar refractivity (Wildman–Crippen MR) is 110 cm³/mol. The van der Waals surface area contributed by atoms with Gasteiger partial charge in [-0.05, 0) is 44.1 Å². The molecule has 1 amide bonds. The van der Waals surface area contributed by atoms with Crippen molar-refractivity contribution in [2.24, 2.45) is 4.99 Å². The largest absolute Gasteiger partial charge is 0.355 e. The van der Waals surface area contributed by atoms with Crippen LogP contribution in [0.2, 0.25) is 5.02 Å². The Hall–Kier alpha value is -1.79. The van der Waals surface area contributed by atoms with Crippen molar-refractivity contribution in [3.63, 3.8) is 0 Å². The monoisotopic (exact) mass is 391 g/mol. The Morgan fingerprint density at radius 3 is 2.59 bits per heavy atom. The van der Waals surface area contributed by atoms with E-state index >= 15 is 0 Å². The maximum atomic E-state index is 12.6. The van der Waals surface area contributed by atoms with Crippen LogP contribution in [-0.4, -0.2) is 86.0 Å². The summed E-state index contributed by atoms with van der Waals surface area (Å²) in [6.07, 6.45) is 2.92. The minimum Gasteiger partial charge on any atom is -0.355 e. The number of likely N-dealkylation sites (N-methyl/N-ethyl adjacent to an activating group) is 1. The standard InChI is InChI=1S/C20H30ClN5O/c1-22-20(23-15-18-7-4-8-24(18)2)26-11-9-25(10-12-26)19(27)14-16-5-3-6-17(21)13-16/h3,5-6,13,18H,4,7-12,14-15H2,1-2H3,(H,22,23). The van der Waals surface area contributed by atoms with Crippen molar-refractivity contribution in [3.05, 3.63) is 34.9 Å². The van der Waals surface area contributed by atoms with Crippen LogP contribution in [-0.2, 0) is 11.2 Å². The number of nitrogens with zero attached hydrogens (tertiary/aromatic N) is 4. The highest BCUT2D eigenvalue weighted by Crippen LogP contribution is 2.14. The molecule has 0 saturated carbocycles. The first-order valence-corrected chi connectivity index (χ1v) is 10.1. The molecule has 0 spiro atoms. The summed E-state index contributed by atoms with van der Waals surface area (Å²) in [7, 11) is 4.02. The molecule has 0 radical (unpaired) electrons. The first-order chi connectivity index (χ1) is 13.1. The average Bonchev–Trinajstić information content (AvgIpc) is 3.08. The second-order valence-corrected chi connectivity index (χ2v) is 7.82. The van der Waals surface area contributed by atoms with Crippen LogP contribution in [0.15, 0.2) is 29.3 Å². The fourth-order valence-corrected chi connectivity index (χ4v) is 4.09. The van der Waals surface area contributed by atoms with Crippen LogP contribution in [0.4, 0.5) is 0 Å². The Balaban J connectivity index is 1.46. The topological polar surface area (TPSA) is 51.2 Å². The van der Waals surface area contributed by atoms with Crippen LogP contribution >= 0.6 is 11.6 Å². The highest BCUT2D eigenvalue weighted by atomic mass is 35.5. The number of hydrogen-bond donors (Lipinski definition) is 1. The van der Waals surface area contributed by atoms with E-state index in [-0.39, 0.29) is 5.91 Å². The molecule has 1 aromatic carbocycles. The third-order valence-electron chi connectivity index (χ3n) is 5.56. The van der Waals surface area contributed by atoms with E-state index < -0.39 is 0 Å². The number of benzene rings is 1. The van der Waals surface area contributed by atoms with Crippen molar-refractivity contribution in [2.45, 2.75) is 25.3 Å². The van der Waals surface area contributed by atoms with Gasteiger partial charge in [-0.2, -0.15) is 0 Å². The maximum absolute atomic E-state index is 12.6. The van der Waals surface area contributed by atoms with Gasteiger partial charge in [0.25, 0.3) is 0 Å². The van der Waals surface area contributed by atoms with Gasteiger partial charge >= 0.3 is 0 Å². The molecule has 0 aliphatic carbocycles. The minimum atomic E-state index is 0.160. The number of guanidine groups is 1. The van der Waals surface area contributed by atoms with Gasteiger partial charge in [-0.25, -0.2) is 0 Å². The molecule has 1 aromatic rings. The summed E-state index contributed by atoms with van der Waals surface area (Å²) in [5, 5.41) is 4.19. The summed E-state index contributed by atoms with van der Waals surface area (Å²) in [5.74, 6) is 1.10. The fraction of sp³-hybridized carbons (Fsp3) is 0.600. The molecule has 6 nitrogen and oxygen atoms in total. The zero-order chi connectivity index (χ0) is 19.2. The lowest BCUT2D eigenvalue weighted by molar-refractivity contribution is -0.131. The zero-order valence-electron chi connectivity index (χ0n) is 16.3. The van der Waals surface area contributed by atoms with E-state index in [0.717, 1.165) is 44.2 Å². The van der Waals surface area contributed by atoms with E-state index in [9.17, 15) is 4.79 Å². The lowest BCUT2D eigenvalue weighted by atomic mass is 10.1. The molecular weight excluding hydrogens is 362 g/mol. The van der Waals surface area contributed by atoms with Crippen molar-refractivity contribution in [3.8, 4) is 0 Å². The Labute approximate surface area is 167 Å². The van der Waals surface area contributed by atoms with E-state index in [0.29, 0.717) is 17.5 Å². The van der Waals surface area contributed by atoms with Crippen LogP contribution in [0.25, 0.3) is 0 Å². The summed E-state index contributed by atoms with van der Waals surface area (Å²) < 4.78 is 0. The molecule has 0 aromatic heterocycles. The van der Waals surface area contributed by atoms with Crippen molar-refractivity contribution >= 4 is 23.5 Å². The lowest BCUT2D eigenvalue weighted by Crippen LogP contribution is -2.55. The number of amides is 1. The summed E-state index contributed by atoms with van der Waals surface area (Å²) >= 11 is 6.02. The first-order valence-electron chi connectivity index (χ1n) is 9.75. The predicted octanol–water partition coefficient (Wildman–Crippen LogP) is 1.70. The van der Waals surface area contributed by atoms with Gasteiger partial charge < -0.3 is 20.0 Å². The van der Waals surface area contributed by atoms with Crippen LogP contribution in [0.1, 0.15) is 18.4 Å². The number of nitrogens with one attached hydrogen (secondary N) is 1. The van der Waals surface area contributed by atoms with Gasteiger partial charge in [0, 0.05) is 50.8 Å². The summed E-state index contributed by atoms with van der Waals surface area (Å²) in [5.41, 5.74) is 0.966. The van der Waals surface area contributed by atoms with Crippen molar-refractivity contribution < 1.29 is 4.79 Å². The molecule has 1 unspecified atom stereocenters. The number of carbonyl (C=O) groups excluding carboxylic acids is 1. The van der Waals surface area contributed by atoms with Crippen LogP contribution < -0.4 is 5.32 Å². The normalized spacial score (nSPS) is 21.6. The molecule has 7 heteroatoms. The zero-order valence-corrected chi connectivity index (χ0v) is 17.1. The Kier molecular flexibility index (Phi) is 6.96. The summed E-state index contributed by atoms with van der Waals surface area (Å²) in [4.78, 5) is 23.6. The molecule has 27 heavy (non-hydrogen) atoms. The first kappa shape index (κ1) is 20.0. The SMILES string of the molecule is CN=C(NCC1CCCN1C)N1CCN(C(=O)Cc2cccc(Cl)c2)CC1. The van der Waals surface area contributed by atoms with Crippen molar-refractivity contribution in [1.82, 2.24) is 20.0 Å². The molecular formula is C20H30ClN5O. The van der Waals surface area contributed by atoms with Gasteiger partial charge in [0.1, 0.15) is 0 Å². The lowest BCUT2D eigenvalue weighted by Gasteiger charge is -2.37. The number of halogens is 1. The summed E-state index contributed by atoms with van der Waals surface area (Å²) in [6.45, 7) is 5.17. The van der Waals surface area contributed by atoms with E-state index in [1.807, 2.05) is 36.2 Å². The number of rotatable bonds is 4. The van der Waals surface area contributed by atoms with Crippen LogP contribution in [0.5, 0.6) is 0 Å². The van der Waals surface area contributed by atoms with Crippen molar-refractivity contribution in [2.75, 3.05) is 53.4 Å². The fourth-order valence-electron chi connectivity index (χ4n) is 3.88. The molecule has 2 aliphatic heterocycles. The Morgan fingerprint density at radius 1 is 1.22 bits per heavy atom. The molecule has 2 saturated heterocycles. The second kappa shape index (κ2) is 9.42. The van der Waals surface area contributed by atoms with Gasteiger partial charge in [0.15, 0.2) is 5.96 Å². The molecule has 3 rings (SSSR count). The van der Waals surface area contributed by atoms with Crippen molar-refractivity contribution in [1.29, 1.82) is 0 Å². The molecule has 0 bridgehead atoms. The van der Waals surface area contributed by atoms with E-state index in [4.69, 9.17) is 11.6 Å². The van der Waals surface area contributed by atoms with E-state index in [1.165, 1.54) is 19.4 Å². The van der Waals surface area contributed by atoms with Crippen LogP contribution in [0, 0.1) is 0 Å². The number of likely N-dealkylation sites (tertiary alicyclic amines) is 1. The van der Waals surface area contributed by atoms with Gasteiger partial charge in [-0.1, -0.05) is 23.7 Å². The van der Waals surface area contributed by atoms with E-state index in [2.05, 4.69) is 27.2 Å². The van der Waals surface area contributed by atoms with Gasteiger partial charge in [-0.3, -0.25) is 9.79 Å². The second-order valence-electron chi connectivity index (χ2n) is 7.38. The average molecular weight is 392 g/mol. The third-order valence-corrected chi connectivity index (χ3v) is 5.79. The smallest absolute Gasteiger partial charge is 0.227 e. The molecule has 148 valence electrons. The molecule has 2 fully saturated rings. The maximum Gasteiger partial charge on any atom is 0.227 e. The van der Waals surface area contributed by atoms with Gasteiger partial charge in [0.2, 0.25) is 5.91 Å². The minimum absolute atomic E-state index is 0.160. The molecule has 1 atom stereocenters. The number of carbonyl (C=O) groups is 1. The highest BCUT2D eigenvalue weighted by molar-refractivity contribution is 6.30. The van der Waals surface area contributed by atoms with Gasteiger partial charge in [0.05, 0.1) is 6.42 Å². The molecule has 2 aliphatic rings. The number of aliphatic imine (C=N–C) groups is 1. The van der Waals surface area contributed by atoms with Gasteiger partial charge in [-0.15, -0.1) is 0 Å². The molecule has 1 N–H and O–H groups in total. The highest BCUT2D eigenvalue weighted by Gasteiger charge is 2.25. The van der Waals surface area contributed by atoms with E-state index in [1.54, 1.807) is 0 Å². The summed E-state index contributed by atoms with van der Waals surface area (Å²) in [6, 6.07) is 8.12. The Bertz CT molecular complexity index is 672. The third kappa shape index (κ3) is 5.36. The molecule has 2 heterocycles. The quantitative estimate of drug-likeness (QED) is 0.627. The van der Waals surface area contributed by atoms with Crippen LogP contribution in [0.3, 0.4) is 0 Å². The number of piperazine rings is 1. The number of hydrogen-bond acceptors (Lipinski definition) is 3.